The van der Waals surface area contributed by atoms with Crippen LogP contribution in [0.3, 0.4) is 0 Å². The molecule has 100 valence electrons. The number of benzene rings is 1. The number of methoxy groups -OCH3 is 1. The van der Waals surface area contributed by atoms with Crippen molar-refractivity contribution < 1.29 is 19.0 Å². The van der Waals surface area contributed by atoms with Crippen molar-refractivity contribution in [3.63, 3.8) is 0 Å². The summed E-state index contributed by atoms with van der Waals surface area (Å²) in [5.41, 5.74) is 0. The molecule has 0 heterocycles. The molecule has 0 fully saturated rings. The van der Waals surface area contributed by atoms with Crippen LogP contribution in [0.1, 0.15) is 6.92 Å². The second-order valence-electron chi connectivity index (χ2n) is 3.51. The molecule has 1 aromatic carbocycles. The number of carbonyl (C=O) groups is 1. The second kappa shape index (κ2) is 8.36. The number of hydrogen-bond donors (Lipinski definition) is 1. The van der Waals surface area contributed by atoms with Gasteiger partial charge in [-0.15, -0.1) is 0 Å². The van der Waals surface area contributed by atoms with Crippen LogP contribution in [-0.4, -0.2) is 39.4 Å². The molecule has 0 aliphatic carbocycles. The zero-order chi connectivity index (χ0) is 13.2. The second-order valence-corrected chi connectivity index (χ2v) is 3.51. The Morgan fingerprint density at radius 3 is 2.50 bits per heavy atom. The quantitative estimate of drug-likeness (QED) is 0.708. The number of carbonyl (C=O) groups excluding carboxylic acids is 1. The van der Waals surface area contributed by atoms with Gasteiger partial charge in [0.15, 0.2) is 0 Å². The van der Waals surface area contributed by atoms with E-state index in [1.54, 1.807) is 7.11 Å². The summed E-state index contributed by atoms with van der Waals surface area (Å²) in [4.78, 5) is 11.2. The van der Waals surface area contributed by atoms with Gasteiger partial charge >= 0.3 is 0 Å². The minimum atomic E-state index is -0.129. The van der Waals surface area contributed by atoms with Crippen LogP contribution in [0.15, 0.2) is 24.3 Å². The van der Waals surface area contributed by atoms with E-state index in [4.69, 9.17) is 14.2 Å². The van der Waals surface area contributed by atoms with Crippen molar-refractivity contribution in [1.82, 2.24) is 5.32 Å². The molecular weight excluding hydrogens is 234 g/mol. The molecular formula is C13H19NO4. The highest BCUT2D eigenvalue weighted by Gasteiger charge is 2.00. The van der Waals surface area contributed by atoms with Crippen molar-refractivity contribution >= 4 is 5.91 Å². The van der Waals surface area contributed by atoms with Gasteiger partial charge in [-0.1, -0.05) is 0 Å². The number of ether oxygens (including phenoxy) is 3. The lowest BCUT2D eigenvalue weighted by molar-refractivity contribution is -0.125. The Kier molecular flexibility index (Phi) is 6.64. The Morgan fingerprint density at radius 2 is 1.89 bits per heavy atom. The molecule has 5 nitrogen and oxygen atoms in total. The highest BCUT2D eigenvalue weighted by Crippen LogP contribution is 2.16. The molecule has 0 aliphatic rings. The first-order valence-electron chi connectivity index (χ1n) is 5.87. The van der Waals surface area contributed by atoms with Gasteiger partial charge in [0.05, 0.1) is 13.7 Å². The number of amides is 1. The van der Waals surface area contributed by atoms with Gasteiger partial charge in [-0.3, -0.25) is 4.79 Å². The molecule has 1 N–H and O–H groups in total. The molecule has 0 bridgehead atoms. The number of nitrogens with one attached hydrogen (secondary N) is 1. The maximum atomic E-state index is 11.2. The Balaban J connectivity index is 2.15. The van der Waals surface area contributed by atoms with Gasteiger partial charge in [0, 0.05) is 6.61 Å². The van der Waals surface area contributed by atoms with E-state index in [0.717, 1.165) is 11.5 Å². The lowest BCUT2D eigenvalue weighted by atomic mass is 10.3. The van der Waals surface area contributed by atoms with Crippen LogP contribution in [-0.2, 0) is 9.53 Å². The summed E-state index contributed by atoms with van der Waals surface area (Å²) in [7, 11) is 1.61. The van der Waals surface area contributed by atoms with Crippen molar-refractivity contribution in [1.29, 1.82) is 0 Å². The third-order valence-corrected chi connectivity index (χ3v) is 2.19. The topological polar surface area (TPSA) is 56.8 Å². The van der Waals surface area contributed by atoms with E-state index in [1.807, 2.05) is 31.2 Å². The number of hydrogen-bond acceptors (Lipinski definition) is 4. The molecule has 0 radical (unpaired) electrons. The predicted molar refractivity (Wildman–Crippen MR) is 68.0 cm³/mol. The summed E-state index contributed by atoms with van der Waals surface area (Å²) >= 11 is 0. The SMILES string of the molecule is CCOCC(=O)NCCOc1ccc(OC)cc1. The van der Waals surface area contributed by atoms with Gasteiger partial charge in [0.2, 0.25) is 5.91 Å². The molecule has 0 saturated carbocycles. The minimum Gasteiger partial charge on any atom is -0.497 e. The van der Waals surface area contributed by atoms with Crippen molar-refractivity contribution in [3.8, 4) is 11.5 Å². The molecule has 0 aliphatic heterocycles. The zero-order valence-corrected chi connectivity index (χ0v) is 10.8. The van der Waals surface area contributed by atoms with Gasteiger partial charge in [-0.2, -0.15) is 0 Å². The monoisotopic (exact) mass is 253 g/mol. The Hall–Kier alpha value is -1.75. The van der Waals surface area contributed by atoms with E-state index in [1.165, 1.54) is 0 Å². The lowest BCUT2D eigenvalue weighted by Crippen LogP contribution is -2.31. The van der Waals surface area contributed by atoms with E-state index < -0.39 is 0 Å². The number of rotatable bonds is 8. The molecule has 0 aromatic heterocycles. The van der Waals surface area contributed by atoms with Gasteiger partial charge in [-0.25, -0.2) is 0 Å². The summed E-state index contributed by atoms with van der Waals surface area (Å²) in [5.74, 6) is 1.40. The first-order chi connectivity index (χ1) is 8.76. The fourth-order valence-electron chi connectivity index (χ4n) is 1.28. The third-order valence-electron chi connectivity index (χ3n) is 2.19. The van der Waals surface area contributed by atoms with Gasteiger partial charge in [-0.05, 0) is 31.2 Å². The smallest absolute Gasteiger partial charge is 0.246 e. The molecule has 0 saturated heterocycles. The molecule has 1 aromatic rings. The summed E-state index contributed by atoms with van der Waals surface area (Å²) in [6, 6.07) is 7.29. The Bertz CT molecular complexity index is 351. The van der Waals surface area contributed by atoms with Crippen molar-refractivity contribution in [2.24, 2.45) is 0 Å². The van der Waals surface area contributed by atoms with Crippen LogP contribution in [0.5, 0.6) is 11.5 Å². The molecule has 1 rings (SSSR count). The Labute approximate surface area is 107 Å². The molecule has 5 heteroatoms. The van der Waals surface area contributed by atoms with Gasteiger partial charge in [0.1, 0.15) is 24.7 Å². The standard InChI is InChI=1S/C13H19NO4/c1-3-17-10-13(15)14-8-9-18-12-6-4-11(16-2)5-7-12/h4-7H,3,8-10H2,1-2H3,(H,14,15). The first kappa shape index (κ1) is 14.3. The largest absolute Gasteiger partial charge is 0.497 e. The van der Waals surface area contributed by atoms with Gasteiger partial charge < -0.3 is 19.5 Å². The van der Waals surface area contributed by atoms with Crippen LogP contribution in [0.2, 0.25) is 0 Å². The van der Waals surface area contributed by atoms with Crippen LogP contribution >= 0.6 is 0 Å². The zero-order valence-electron chi connectivity index (χ0n) is 10.8. The highest BCUT2D eigenvalue weighted by atomic mass is 16.5. The average molecular weight is 253 g/mol. The molecule has 0 atom stereocenters. The molecule has 18 heavy (non-hydrogen) atoms. The van der Waals surface area contributed by atoms with E-state index in [2.05, 4.69) is 5.32 Å². The molecule has 0 spiro atoms. The van der Waals surface area contributed by atoms with Crippen LogP contribution < -0.4 is 14.8 Å². The van der Waals surface area contributed by atoms with Crippen molar-refractivity contribution in [2.45, 2.75) is 6.92 Å². The van der Waals surface area contributed by atoms with E-state index >= 15 is 0 Å². The first-order valence-corrected chi connectivity index (χ1v) is 5.87. The molecule has 0 unspecified atom stereocenters. The maximum Gasteiger partial charge on any atom is 0.246 e. The summed E-state index contributed by atoms with van der Waals surface area (Å²) in [6.45, 7) is 3.36. The van der Waals surface area contributed by atoms with E-state index in [-0.39, 0.29) is 12.5 Å². The highest BCUT2D eigenvalue weighted by molar-refractivity contribution is 5.77. The maximum absolute atomic E-state index is 11.2. The van der Waals surface area contributed by atoms with Crippen LogP contribution in [0.4, 0.5) is 0 Å². The fraction of sp³-hybridized carbons (Fsp3) is 0.462. The third kappa shape index (κ3) is 5.54. The van der Waals surface area contributed by atoms with Crippen LogP contribution in [0, 0.1) is 0 Å². The van der Waals surface area contributed by atoms with Crippen molar-refractivity contribution in [2.75, 3.05) is 33.5 Å². The fourth-order valence-corrected chi connectivity index (χ4v) is 1.28. The van der Waals surface area contributed by atoms with E-state index in [0.29, 0.717) is 19.8 Å². The summed E-state index contributed by atoms with van der Waals surface area (Å²) in [5, 5.41) is 2.70. The normalized spacial score (nSPS) is 9.89. The lowest BCUT2D eigenvalue weighted by Gasteiger charge is -2.08. The summed E-state index contributed by atoms with van der Waals surface area (Å²) < 4.78 is 15.5. The van der Waals surface area contributed by atoms with E-state index in [9.17, 15) is 4.79 Å². The van der Waals surface area contributed by atoms with Crippen molar-refractivity contribution in [3.05, 3.63) is 24.3 Å². The summed E-state index contributed by atoms with van der Waals surface area (Å²) in [6.07, 6.45) is 0. The average Bonchev–Trinajstić information content (AvgIpc) is 2.42. The minimum absolute atomic E-state index is 0.0963. The van der Waals surface area contributed by atoms with Gasteiger partial charge in [0.25, 0.3) is 0 Å². The molecule has 1 amide bonds. The predicted octanol–water partition coefficient (Wildman–Crippen LogP) is 1.23. The van der Waals surface area contributed by atoms with Crippen LogP contribution in [0.25, 0.3) is 0 Å². The Morgan fingerprint density at radius 1 is 1.22 bits per heavy atom.